The lowest BCUT2D eigenvalue weighted by atomic mass is 10.1. The Morgan fingerprint density at radius 2 is 2.30 bits per heavy atom. The molecule has 0 fully saturated rings. The van der Waals surface area contributed by atoms with E-state index >= 15 is 0 Å². The maximum atomic E-state index is 10.8. The fraction of sp³-hybridized carbons (Fsp3) is 0.667. The highest BCUT2D eigenvalue weighted by Crippen LogP contribution is 1.94. The second kappa shape index (κ2) is 3.18. The van der Waals surface area contributed by atoms with Crippen LogP contribution in [-0.2, 0) is 4.79 Å². The summed E-state index contributed by atoms with van der Waals surface area (Å²) in [7, 11) is 0. The second-order valence-corrected chi connectivity index (χ2v) is 2.56. The van der Waals surface area contributed by atoms with Gasteiger partial charge in [-0.25, -0.2) is 0 Å². The van der Waals surface area contributed by atoms with Gasteiger partial charge >= 0.3 is 0 Å². The molecule has 0 bridgehead atoms. The lowest BCUT2D eigenvalue weighted by molar-refractivity contribution is -0.124. The van der Waals surface area contributed by atoms with Crippen molar-refractivity contribution in [3.05, 3.63) is 0 Å². The zero-order valence-corrected chi connectivity index (χ0v) is 6.14. The van der Waals surface area contributed by atoms with Gasteiger partial charge in [-0.1, -0.05) is 0 Å². The number of hydrogen-bond acceptors (Lipinski definition) is 3. The third kappa shape index (κ3) is 3.05. The highest BCUT2D eigenvalue weighted by molar-refractivity contribution is 5.85. The van der Waals surface area contributed by atoms with Crippen molar-refractivity contribution in [1.29, 1.82) is 5.26 Å². The molecule has 4 nitrogen and oxygen atoms in total. The topological polar surface area (TPSA) is 78.9 Å². The number of carbonyl (C=O) groups is 1. The summed E-state index contributed by atoms with van der Waals surface area (Å²) in [6.07, 6.45) is 0. The molecule has 0 saturated carbocycles. The van der Waals surface area contributed by atoms with Gasteiger partial charge in [0.25, 0.3) is 0 Å². The minimum Gasteiger partial charge on any atom is -0.341 e. The van der Waals surface area contributed by atoms with E-state index in [9.17, 15) is 4.79 Å². The van der Waals surface area contributed by atoms with Crippen LogP contribution in [0.3, 0.4) is 0 Å². The molecule has 4 heteroatoms. The molecule has 0 heterocycles. The Balaban J connectivity index is 3.78. The molecule has 0 aromatic heterocycles. The molecule has 56 valence electrons. The van der Waals surface area contributed by atoms with Gasteiger partial charge in [0, 0.05) is 0 Å². The van der Waals surface area contributed by atoms with Crippen LogP contribution < -0.4 is 11.1 Å². The van der Waals surface area contributed by atoms with E-state index in [-0.39, 0.29) is 12.5 Å². The molecule has 0 atom stereocenters. The zero-order chi connectivity index (χ0) is 8.20. The molecule has 0 aliphatic heterocycles. The van der Waals surface area contributed by atoms with Crippen molar-refractivity contribution in [2.24, 2.45) is 5.73 Å². The van der Waals surface area contributed by atoms with E-state index in [1.54, 1.807) is 19.9 Å². The minimum absolute atomic E-state index is 0.0134. The molecule has 0 radical (unpaired) electrons. The molecule has 0 rings (SSSR count). The van der Waals surface area contributed by atoms with E-state index in [4.69, 9.17) is 11.0 Å². The van der Waals surface area contributed by atoms with Crippen molar-refractivity contribution in [3.63, 3.8) is 0 Å². The van der Waals surface area contributed by atoms with Crippen molar-refractivity contribution in [1.82, 2.24) is 5.32 Å². The first kappa shape index (κ1) is 8.92. The first-order valence-electron chi connectivity index (χ1n) is 2.92. The van der Waals surface area contributed by atoms with E-state index in [1.165, 1.54) is 0 Å². The van der Waals surface area contributed by atoms with Crippen molar-refractivity contribution in [3.8, 4) is 6.07 Å². The maximum Gasteiger partial charge on any atom is 0.240 e. The summed E-state index contributed by atoms with van der Waals surface area (Å²) in [5, 5.41) is 10.4. The number of amides is 1. The Labute approximate surface area is 60.0 Å². The molecule has 1 amide bonds. The summed E-state index contributed by atoms with van der Waals surface area (Å²) >= 11 is 0. The summed E-state index contributed by atoms with van der Waals surface area (Å²) in [5.41, 5.74) is 4.51. The third-order valence-corrected chi connectivity index (χ3v) is 0.913. The zero-order valence-electron chi connectivity index (χ0n) is 6.14. The van der Waals surface area contributed by atoms with Gasteiger partial charge in [-0.15, -0.1) is 0 Å². The van der Waals surface area contributed by atoms with Gasteiger partial charge in [0.1, 0.15) is 6.54 Å². The highest BCUT2D eigenvalue weighted by atomic mass is 16.2. The fourth-order valence-corrected chi connectivity index (χ4v) is 0.348. The van der Waals surface area contributed by atoms with Crippen LogP contribution in [0.15, 0.2) is 0 Å². The average molecular weight is 141 g/mol. The molecule has 3 N–H and O–H groups in total. The van der Waals surface area contributed by atoms with E-state index in [0.29, 0.717) is 0 Å². The molecular weight excluding hydrogens is 130 g/mol. The highest BCUT2D eigenvalue weighted by Gasteiger charge is 2.20. The first-order valence-corrected chi connectivity index (χ1v) is 2.92. The number of rotatable bonds is 2. The van der Waals surface area contributed by atoms with E-state index in [1.807, 2.05) is 0 Å². The number of nitrogens with two attached hydrogens (primary N) is 1. The van der Waals surface area contributed by atoms with Gasteiger partial charge in [0.15, 0.2) is 0 Å². The van der Waals surface area contributed by atoms with Gasteiger partial charge in [-0.2, -0.15) is 5.26 Å². The maximum absolute atomic E-state index is 10.8. The number of nitriles is 1. The molecule has 0 aliphatic carbocycles. The Kier molecular flexibility index (Phi) is 2.84. The standard InChI is InChI=1S/C6H11N3O/c1-6(2,8)5(10)9-4-3-7/h4,8H2,1-2H3,(H,9,10). The van der Waals surface area contributed by atoms with E-state index in [0.717, 1.165) is 0 Å². The lowest BCUT2D eigenvalue weighted by Crippen LogP contribution is -2.49. The molecule has 0 spiro atoms. The van der Waals surface area contributed by atoms with E-state index < -0.39 is 5.54 Å². The molecule has 0 aliphatic rings. The smallest absolute Gasteiger partial charge is 0.240 e. The van der Waals surface area contributed by atoms with Crippen LogP contribution in [0.5, 0.6) is 0 Å². The number of nitrogens with zero attached hydrogens (tertiary/aromatic N) is 1. The molecular formula is C6H11N3O. The van der Waals surface area contributed by atoms with E-state index in [2.05, 4.69) is 5.32 Å². The van der Waals surface area contributed by atoms with Crippen molar-refractivity contribution < 1.29 is 4.79 Å². The molecule has 0 aromatic rings. The first-order chi connectivity index (χ1) is 4.48. The Morgan fingerprint density at radius 1 is 1.80 bits per heavy atom. The predicted molar refractivity (Wildman–Crippen MR) is 36.9 cm³/mol. The minimum atomic E-state index is -0.892. The second-order valence-electron chi connectivity index (χ2n) is 2.56. The average Bonchev–Trinajstić information content (AvgIpc) is 1.80. The van der Waals surface area contributed by atoms with Crippen LogP contribution in [0, 0.1) is 11.3 Å². The number of nitrogens with one attached hydrogen (secondary N) is 1. The Morgan fingerprint density at radius 3 is 2.60 bits per heavy atom. The van der Waals surface area contributed by atoms with Crippen molar-refractivity contribution in [2.45, 2.75) is 19.4 Å². The van der Waals surface area contributed by atoms with Crippen LogP contribution in [0.1, 0.15) is 13.8 Å². The third-order valence-electron chi connectivity index (χ3n) is 0.913. The summed E-state index contributed by atoms with van der Waals surface area (Å²) in [5.74, 6) is -0.311. The lowest BCUT2D eigenvalue weighted by Gasteiger charge is -2.15. The summed E-state index contributed by atoms with van der Waals surface area (Å²) in [6, 6.07) is 1.78. The van der Waals surface area contributed by atoms with Gasteiger partial charge in [0.2, 0.25) is 5.91 Å². The van der Waals surface area contributed by atoms with Crippen LogP contribution in [0.25, 0.3) is 0 Å². The van der Waals surface area contributed by atoms with Crippen LogP contribution in [-0.4, -0.2) is 18.0 Å². The monoisotopic (exact) mass is 141 g/mol. The van der Waals surface area contributed by atoms with Crippen molar-refractivity contribution >= 4 is 5.91 Å². The van der Waals surface area contributed by atoms with Crippen molar-refractivity contribution in [2.75, 3.05) is 6.54 Å². The normalized spacial score (nSPS) is 10.2. The molecule has 0 saturated heterocycles. The summed E-state index contributed by atoms with van der Waals surface area (Å²) in [6.45, 7) is 3.18. The molecule has 10 heavy (non-hydrogen) atoms. The van der Waals surface area contributed by atoms with Gasteiger partial charge in [-0.3, -0.25) is 4.79 Å². The van der Waals surface area contributed by atoms with Gasteiger partial charge in [-0.05, 0) is 13.8 Å². The predicted octanol–water partition coefficient (Wildman–Crippen LogP) is -0.637. The van der Waals surface area contributed by atoms with Crippen LogP contribution in [0.4, 0.5) is 0 Å². The van der Waals surface area contributed by atoms with Gasteiger partial charge in [0.05, 0.1) is 11.6 Å². The van der Waals surface area contributed by atoms with Gasteiger partial charge < -0.3 is 11.1 Å². The van der Waals surface area contributed by atoms with Crippen LogP contribution in [0.2, 0.25) is 0 Å². The van der Waals surface area contributed by atoms with Crippen LogP contribution >= 0.6 is 0 Å². The Bertz CT molecular complexity index is 163. The molecule has 0 unspecified atom stereocenters. The largest absolute Gasteiger partial charge is 0.341 e. The number of hydrogen-bond donors (Lipinski definition) is 2. The number of carbonyl (C=O) groups excluding carboxylic acids is 1. The summed E-state index contributed by atoms with van der Waals surface area (Å²) in [4.78, 5) is 10.8. The fourth-order valence-electron chi connectivity index (χ4n) is 0.348. The summed E-state index contributed by atoms with van der Waals surface area (Å²) < 4.78 is 0. The Hall–Kier alpha value is -1.08. The molecule has 0 aromatic carbocycles. The SMILES string of the molecule is CC(C)(N)C(=O)NCC#N. The quantitative estimate of drug-likeness (QED) is 0.502.